The van der Waals surface area contributed by atoms with E-state index in [1.807, 2.05) is 36.4 Å². The van der Waals surface area contributed by atoms with E-state index in [4.69, 9.17) is 13.9 Å². The summed E-state index contributed by atoms with van der Waals surface area (Å²) in [6.07, 6.45) is 1.69. The molecule has 0 radical (unpaired) electrons. The average Bonchev–Trinajstić information content (AvgIpc) is 3.29. The first-order valence-corrected chi connectivity index (χ1v) is 11.2. The molecule has 0 atom stereocenters. The van der Waals surface area contributed by atoms with Gasteiger partial charge in [-0.05, 0) is 66.6 Å². The number of hydrogen-bond acceptors (Lipinski definition) is 5. The van der Waals surface area contributed by atoms with Crippen molar-refractivity contribution in [3.63, 3.8) is 0 Å². The number of ether oxygens (including phenoxy) is 2. The predicted octanol–water partition coefficient (Wildman–Crippen LogP) is 7.10. The second kappa shape index (κ2) is 8.07. The van der Waals surface area contributed by atoms with Crippen LogP contribution in [-0.2, 0) is 0 Å². The van der Waals surface area contributed by atoms with E-state index < -0.39 is 5.97 Å². The van der Waals surface area contributed by atoms with Gasteiger partial charge in [0.05, 0.1) is 5.56 Å². The van der Waals surface area contributed by atoms with Crippen molar-refractivity contribution in [1.29, 1.82) is 0 Å². The summed E-state index contributed by atoms with van der Waals surface area (Å²) in [5.41, 5.74) is 2.53. The standard InChI is InChI=1S/C25H14Br2O5/c1-13-7-18(30-25(29)22-11-15-10-17(27)5-6-19(15)31-22)12-20-23(13)24(28)21(32-20)9-14-3-2-4-16(26)8-14/h2-12H,1H3/b21-9-. The zero-order chi connectivity index (χ0) is 22.4. The van der Waals surface area contributed by atoms with Crippen molar-refractivity contribution < 1.29 is 23.5 Å². The highest BCUT2D eigenvalue weighted by Crippen LogP contribution is 2.38. The van der Waals surface area contributed by atoms with E-state index in [1.165, 1.54) is 0 Å². The van der Waals surface area contributed by atoms with Crippen LogP contribution in [0.3, 0.4) is 0 Å². The summed E-state index contributed by atoms with van der Waals surface area (Å²) in [5.74, 6) is 0.0807. The highest BCUT2D eigenvalue weighted by atomic mass is 79.9. The van der Waals surface area contributed by atoms with Crippen LogP contribution in [0.1, 0.15) is 32.0 Å². The first-order valence-electron chi connectivity index (χ1n) is 9.63. The number of allylic oxidation sites excluding steroid dienone is 1. The Morgan fingerprint density at radius 3 is 2.62 bits per heavy atom. The third-order valence-electron chi connectivity index (χ3n) is 4.98. The van der Waals surface area contributed by atoms with Gasteiger partial charge >= 0.3 is 5.97 Å². The summed E-state index contributed by atoms with van der Waals surface area (Å²) in [7, 11) is 0. The van der Waals surface area contributed by atoms with Crippen LogP contribution in [0.5, 0.6) is 11.5 Å². The SMILES string of the molecule is Cc1cc(OC(=O)c2cc3cc(Br)ccc3o2)cc2c1C(=O)/C(=C/c1cccc(Br)c1)O2. The maximum Gasteiger partial charge on any atom is 0.379 e. The molecule has 5 nitrogen and oxygen atoms in total. The molecule has 5 rings (SSSR count). The van der Waals surface area contributed by atoms with Crippen LogP contribution in [-0.4, -0.2) is 11.8 Å². The van der Waals surface area contributed by atoms with Crippen molar-refractivity contribution >= 4 is 60.7 Å². The Morgan fingerprint density at radius 2 is 1.81 bits per heavy atom. The largest absolute Gasteiger partial charge is 0.452 e. The van der Waals surface area contributed by atoms with E-state index in [2.05, 4.69) is 31.9 Å². The lowest BCUT2D eigenvalue weighted by atomic mass is 10.0. The fourth-order valence-electron chi connectivity index (χ4n) is 3.56. The van der Waals surface area contributed by atoms with Crippen molar-refractivity contribution in [3.8, 4) is 11.5 Å². The number of carbonyl (C=O) groups is 2. The molecule has 0 unspecified atom stereocenters. The zero-order valence-corrected chi connectivity index (χ0v) is 19.8. The first kappa shape index (κ1) is 20.7. The van der Waals surface area contributed by atoms with Crippen LogP contribution in [0.15, 0.2) is 79.8 Å². The van der Waals surface area contributed by atoms with Gasteiger partial charge in [-0.15, -0.1) is 0 Å². The minimum absolute atomic E-state index is 0.0866. The van der Waals surface area contributed by atoms with Gasteiger partial charge in [0.25, 0.3) is 0 Å². The van der Waals surface area contributed by atoms with E-state index in [0.29, 0.717) is 22.5 Å². The molecule has 0 N–H and O–H groups in total. The molecule has 0 saturated heterocycles. The number of benzene rings is 3. The Balaban J connectivity index is 1.42. The summed E-state index contributed by atoms with van der Waals surface area (Å²) in [6, 6.07) is 17.8. The fraction of sp³-hybridized carbons (Fsp3) is 0.0400. The number of Topliss-reactive ketones (excluding diaryl/α,β-unsaturated/α-hetero) is 1. The molecule has 3 aromatic carbocycles. The third-order valence-corrected chi connectivity index (χ3v) is 5.97. The lowest BCUT2D eigenvalue weighted by molar-refractivity contribution is 0.0703. The smallest absolute Gasteiger partial charge is 0.379 e. The van der Waals surface area contributed by atoms with Gasteiger partial charge in [-0.1, -0.05) is 44.0 Å². The van der Waals surface area contributed by atoms with Gasteiger partial charge in [0.2, 0.25) is 11.5 Å². The number of esters is 1. The van der Waals surface area contributed by atoms with Gasteiger partial charge in [0.1, 0.15) is 17.1 Å². The van der Waals surface area contributed by atoms with Gasteiger partial charge in [-0.2, -0.15) is 0 Å². The van der Waals surface area contributed by atoms with Crippen molar-refractivity contribution in [1.82, 2.24) is 0 Å². The van der Waals surface area contributed by atoms with E-state index in [0.717, 1.165) is 19.9 Å². The molecule has 32 heavy (non-hydrogen) atoms. The van der Waals surface area contributed by atoms with Crippen LogP contribution in [0, 0.1) is 6.92 Å². The zero-order valence-electron chi connectivity index (χ0n) is 16.6. The first-order chi connectivity index (χ1) is 15.4. The number of ketones is 1. The summed E-state index contributed by atoms with van der Waals surface area (Å²) in [6.45, 7) is 1.78. The minimum atomic E-state index is -0.633. The normalized spacial score (nSPS) is 14.0. The van der Waals surface area contributed by atoms with Crippen LogP contribution in [0.2, 0.25) is 0 Å². The number of hydrogen-bond donors (Lipinski definition) is 0. The number of furan rings is 1. The topological polar surface area (TPSA) is 65.7 Å². The second-order valence-corrected chi connectivity index (χ2v) is 9.12. The van der Waals surface area contributed by atoms with Crippen molar-refractivity contribution in [2.45, 2.75) is 6.92 Å². The molecule has 158 valence electrons. The van der Waals surface area contributed by atoms with E-state index >= 15 is 0 Å². The number of carbonyl (C=O) groups excluding carboxylic acids is 2. The molecular weight excluding hydrogens is 540 g/mol. The van der Waals surface area contributed by atoms with Gasteiger partial charge in [0, 0.05) is 20.4 Å². The minimum Gasteiger partial charge on any atom is -0.452 e. The van der Waals surface area contributed by atoms with E-state index in [1.54, 1.807) is 37.3 Å². The van der Waals surface area contributed by atoms with Gasteiger partial charge in [-0.25, -0.2) is 4.79 Å². The summed E-state index contributed by atoms with van der Waals surface area (Å²) in [4.78, 5) is 25.5. The second-order valence-electron chi connectivity index (χ2n) is 7.29. The molecule has 4 aromatic rings. The predicted molar refractivity (Wildman–Crippen MR) is 127 cm³/mol. The van der Waals surface area contributed by atoms with Crippen molar-refractivity contribution in [3.05, 3.63) is 97.8 Å². The highest BCUT2D eigenvalue weighted by Gasteiger charge is 2.30. The Kier molecular flexibility index (Phi) is 5.23. The summed E-state index contributed by atoms with van der Waals surface area (Å²) < 4.78 is 18.7. The molecule has 0 bridgehead atoms. The summed E-state index contributed by atoms with van der Waals surface area (Å²) >= 11 is 6.82. The van der Waals surface area contributed by atoms with Crippen LogP contribution >= 0.6 is 31.9 Å². The molecule has 0 saturated carbocycles. The number of rotatable bonds is 3. The lowest BCUT2D eigenvalue weighted by Gasteiger charge is -2.06. The van der Waals surface area contributed by atoms with Crippen molar-refractivity contribution in [2.24, 2.45) is 0 Å². The average molecular weight is 554 g/mol. The lowest BCUT2D eigenvalue weighted by Crippen LogP contribution is -2.07. The third kappa shape index (κ3) is 3.89. The van der Waals surface area contributed by atoms with E-state index in [-0.39, 0.29) is 23.1 Å². The Morgan fingerprint density at radius 1 is 1.00 bits per heavy atom. The monoisotopic (exact) mass is 552 g/mol. The van der Waals surface area contributed by atoms with E-state index in [9.17, 15) is 9.59 Å². The Bertz CT molecular complexity index is 1450. The van der Waals surface area contributed by atoms with Crippen molar-refractivity contribution in [2.75, 3.05) is 0 Å². The van der Waals surface area contributed by atoms with Gasteiger partial charge in [0.15, 0.2) is 5.76 Å². The van der Waals surface area contributed by atoms with Crippen LogP contribution < -0.4 is 9.47 Å². The maximum absolute atomic E-state index is 12.9. The molecular formula is C25H14Br2O5. The molecule has 7 heteroatoms. The fourth-order valence-corrected chi connectivity index (χ4v) is 4.35. The Labute approximate surface area is 199 Å². The number of halogens is 2. The molecule has 1 aliphatic rings. The maximum atomic E-state index is 12.9. The quantitative estimate of drug-likeness (QED) is 0.154. The molecule has 0 aliphatic carbocycles. The number of fused-ring (bicyclic) bond motifs is 2. The molecule has 0 amide bonds. The van der Waals surface area contributed by atoms with Gasteiger partial charge in [-0.3, -0.25) is 4.79 Å². The molecule has 1 aromatic heterocycles. The Hall–Kier alpha value is -3.16. The summed E-state index contributed by atoms with van der Waals surface area (Å²) in [5, 5.41) is 0.785. The molecule has 2 heterocycles. The van der Waals surface area contributed by atoms with Gasteiger partial charge < -0.3 is 13.9 Å². The molecule has 0 spiro atoms. The molecule has 1 aliphatic heterocycles. The highest BCUT2D eigenvalue weighted by molar-refractivity contribution is 9.10. The van der Waals surface area contributed by atoms with Crippen LogP contribution in [0.4, 0.5) is 0 Å². The number of aryl methyl sites for hydroxylation is 1. The molecule has 0 fully saturated rings. The van der Waals surface area contributed by atoms with Crippen LogP contribution in [0.25, 0.3) is 17.0 Å².